The third kappa shape index (κ3) is 6.43. The number of aliphatic hydroxyl groups is 1. The van der Waals surface area contributed by atoms with Crippen molar-refractivity contribution in [3.05, 3.63) is 71.8 Å². The van der Waals surface area contributed by atoms with E-state index in [1.54, 1.807) is 13.1 Å². The van der Waals surface area contributed by atoms with Crippen LogP contribution in [0.4, 0.5) is 0 Å². The highest BCUT2D eigenvalue weighted by atomic mass is 31.1. The van der Waals surface area contributed by atoms with Gasteiger partial charge in [-0.3, -0.25) is 0 Å². The van der Waals surface area contributed by atoms with Gasteiger partial charge in [0.05, 0.1) is 0 Å². The third-order valence-electron chi connectivity index (χ3n) is 5.38. The first-order valence-electron chi connectivity index (χ1n) is 10.2. The molecule has 0 bridgehead atoms. The molecule has 0 amide bonds. The van der Waals surface area contributed by atoms with Crippen molar-refractivity contribution < 1.29 is 5.11 Å². The molecule has 1 heterocycles. The Hall–Kier alpha value is -2.14. The van der Waals surface area contributed by atoms with Crippen molar-refractivity contribution in [2.75, 3.05) is 6.66 Å². The van der Waals surface area contributed by atoms with Crippen molar-refractivity contribution >= 4 is 13.9 Å². The summed E-state index contributed by atoms with van der Waals surface area (Å²) in [4.78, 5) is 4.22. The van der Waals surface area contributed by atoms with Gasteiger partial charge in [0.15, 0.2) is 0 Å². The lowest BCUT2D eigenvalue weighted by Crippen LogP contribution is -2.10. The van der Waals surface area contributed by atoms with Gasteiger partial charge < -0.3 is 9.67 Å². The molecule has 0 saturated carbocycles. The van der Waals surface area contributed by atoms with Gasteiger partial charge in [-0.15, -0.1) is 0 Å². The number of nitrogens with zero attached hydrogens (tertiary/aromatic N) is 2. The first-order valence-corrected chi connectivity index (χ1v) is 11.7. The molecule has 0 aliphatic rings. The van der Waals surface area contributed by atoms with Gasteiger partial charge in [-0.25, -0.2) is 4.98 Å². The summed E-state index contributed by atoms with van der Waals surface area (Å²) in [6.07, 6.45) is 7.27. The highest BCUT2D eigenvalue weighted by Gasteiger charge is 2.15. The molecular weight excluding hydrogens is 375 g/mol. The third-order valence-corrected chi connectivity index (χ3v) is 6.35. The summed E-state index contributed by atoms with van der Waals surface area (Å²) in [5.74, 6) is 7.44. The number of hydrogen-bond donors (Lipinski definition) is 1. The van der Waals surface area contributed by atoms with Crippen LogP contribution in [0.2, 0.25) is 0 Å². The van der Waals surface area contributed by atoms with E-state index >= 15 is 0 Å². The van der Waals surface area contributed by atoms with Gasteiger partial charge >= 0.3 is 0 Å². The molecule has 1 unspecified atom stereocenters. The molecule has 29 heavy (non-hydrogen) atoms. The van der Waals surface area contributed by atoms with Crippen molar-refractivity contribution in [3.63, 3.8) is 0 Å². The predicted octanol–water partition coefficient (Wildman–Crippen LogP) is 6.02. The van der Waals surface area contributed by atoms with Crippen molar-refractivity contribution in [2.24, 2.45) is 5.41 Å². The van der Waals surface area contributed by atoms with E-state index in [1.165, 1.54) is 10.9 Å². The lowest BCUT2D eigenvalue weighted by Gasteiger charge is -2.18. The number of hydrogen-bond acceptors (Lipinski definition) is 2. The molecular formula is C25H33N2OP. The fourth-order valence-corrected chi connectivity index (χ4v) is 3.78. The Morgan fingerprint density at radius 2 is 1.97 bits per heavy atom. The maximum Gasteiger partial charge on any atom is 0.137 e. The Balaban J connectivity index is 2.16. The molecule has 0 saturated heterocycles. The molecule has 0 radical (unpaired) electrons. The maximum atomic E-state index is 9.83. The molecule has 4 heteroatoms. The van der Waals surface area contributed by atoms with E-state index in [1.807, 2.05) is 10.8 Å². The van der Waals surface area contributed by atoms with E-state index in [4.69, 9.17) is 0 Å². The molecule has 2 aromatic rings. The number of benzene rings is 1. The number of aromatic nitrogens is 2. The number of aliphatic hydroxyl groups excluding tert-OH is 1. The second-order valence-electron chi connectivity index (χ2n) is 7.65. The average molecular weight is 409 g/mol. The summed E-state index contributed by atoms with van der Waals surface area (Å²) in [7, 11) is 0.658. The SMILES string of the molecule is C=C(/C=C(\PC)c1ccc(C#CC(C)(CC)CC)cc1)Cn1ccnc1[C@H](C)O. The summed E-state index contributed by atoms with van der Waals surface area (Å²) >= 11 is 0. The molecule has 0 aliphatic heterocycles. The van der Waals surface area contributed by atoms with Crippen LogP contribution >= 0.6 is 8.58 Å². The average Bonchev–Trinajstić information content (AvgIpc) is 3.19. The number of rotatable bonds is 8. The summed E-state index contributed by atoms with van der Waals surface area (Å²) in [5.41, 5.74) is 3.33. The van der Waals surface area contributed by atoms with Crippen LogP contribution in [0, 0.1) is 17.3 Å². The van der Waals surface area contributed by atoms with E-state index in [9.17, 15) is 5.11 Å². The van der Waals surface area contributed by atoms with E-state index < -0.39 is 6.10 Å². The normalized spacial score (nSPS) is 13.4. The highest BCUT2D eigenvalue weighted by Crippen LogP contribution is 2.32. The fourth-order valence-electron chi connectivity index (χ4n) is 2.97. The van der Waals surface area contributed by atoms with E-state index in [2.05, 4.69) is 81.2 Å². The first-order chi connectivity index (χ1) is 13.8. The topological polar surface area (TPSA) is 38.0 Å². The molecule has 0 aliphatic carbocycles. The van der Waals surface area contributed by atoms with Crippen LogP contribution in [0.25, 0.3) is 5.31 Å². The Morgan fingerprint density at radius 1 is 1.31 bits per heavy atom. The van der Waals surface area contributed by atoms with Gasteiger partial charge in [-0.05, 0) is 68.0 Å². The van der Waals surface area contributed by atoms with E-state index in [0.29, 0.717) is 20.9 Å². The van der Waals surface area contributed by atoms with Crippen LogP contribution in [0.15, 0.2) is 54.9 Å². The zero-order chi connectivity index (χ0) is 21.4. The van der Waals surface area contributed by atoms with Crippen LogP contribution < -0.4 is 0 Å². The molecule has 1 aromatic heterocycles. The Bertz CT molecular complexity index is 906. The highest BCUT2D eigenvalue weighted by molar-refractivity contribution is 7.49. The Morgan fingerprint density at radius 3 is 2.52 bits per heavy atom. The zero-order valence-corrected chi connectivity index (χ0v) is 19.3. The van der Waals surface area contributed by atoms with Crippen LogP contribution in [0.3, 0.4) is 0 Å². The van der Waals surface area contributed by atoms with Crippen molar-refractivity contribution in [1.29, 1.82) is 0 Å². The Labute approximate surface area is 177 Å². The van der Waals surface area contributed by atoms with E-state index in [-0.39, 0.29) is 5.41 Å². The molecule has 154 valence electrons. The smallest absolute Gasteiger partial charge is 0.137 e. The minimum atomic E-state index is -0.592. The molecule has 1 aromatic carbocycles. The maximum absolute atomic E-state index is 9.83. The molecule has 3 nitrogen and oxygen atoms in total. The molecule has 0 spiro atoms. The number of imidazole rings is 1. The van der Waals surface area contributed by atoms with Crippen LogP contribution in [-0.2, 0) is 6.54 Å². The summed E-state index contributed by atoms with van der Waals surface area (Å²) in [6, 6.07) is 8.50. The van der Waals surface area contributed by atoms with Gasteiger partial charge in [0, 0.05) is 29.9 Å². The van der Waals surface area contributed by atoms with Crippen molar-refractivity contribution in [3.8, 4) is 11.8 Å². The number of allylic oxidation sites excluding steroid dienone is 2. The lowest BCUT2D eigenvalue weighted by molar-refractivity contribution is 0.184. The van der Waals surface area contributed by atoms with E-state index in [0.717, 1.165) is 24.0 Å². The minimum Gasteiger partial charge on any atom is -0.385 e. The fraction of sp³-hybridized carbons (Fsp3) is 0.400. The molecule has 1 N–H and O–H groups in total. The zero-order valence-electron chi connectivity index (χ0n) is 18.3. The summed E-state index contributed by atoms with van der Waals surface area (Å²) < 4.78 is 1.94. The second kappa shape index (κ2) is 10.6. The van der Waals surface area contributed by atoms with Gasteiger partial charge in [0.1, 0.15) is 11.9 Å². The van der Waals surface area contributed by atoms with Crippen LogP contribution in [0.1, 0.15) is 63.6 Å². The monoisotopic (exact) mass is 408 g/mol. The quantitative estimate of drug-likeness (QED) is 0.329. The van der Waals surface area contributed by atoms with Crippen molar-refractivity contribution in [1.82, 2.24) is 9.55 Å². The Kier molecular flexibility index (Phi) is 8.45. The summed E-state index contributed by atoms with van der Waals surface area (Å²) in [5, 5.41) is 11.1. The molecule has 2 rings (SSSR count). The second-order valence-corrected chi connectivity index (χ2v) is 8.69. The first kappa shape index (κ1) is 23.1. The van der Waals surface area contributed by atoms with Gasteiger partial charge in [0.25, 0.3) is 0 Å². The lowest BCUT2D eigenvalue weighted by atomic mass is 9.85. The molecule has 0 fully saturated rings. The minimum absolute atomic E-state index is 0.0878. The molecule has 2 atom stereocenters. The van der Waals surface area contributed by atoms with Crippen molar-refractivity contribution in [2.45, 2.75) is 53.2 Å². The summed E-state index contributed by atoms with van der Waals surface area (Å²) in [6.45, 7) is 15.3. The standard InChI is InChI=1S/C25H33N2OP/c1-7-25(5,8-2)14-13-21-9-11-22(12-10-21)23(29-6)17-19(3)18-27-16-15-26-24(27)20(4)28/h9-12,15-17,20,28-29H,3,7-8,18H2,1-2,4-6H3/b23-17-/t20-/m0/s1. The van der Waals surface area contributed by atoms with Gasteiger partial charge in [-0.2, -0.15) is 0 Å². The van der Waals surface area contributed by atoms with Gasteiger partial charge in [0.2, 0.25) is 0 Å². The van der Waals surface area contributed by atoms with Crippen LogP contribution in [-0.4, -0.2) is 21.3 Å². The van der Waals surface area contributed by atoms with Crippen LogP contribution in [0.5, 0.6) is 0 Å². The van der Waals surface area contributed by atoms with Gasteiger partial charge in [-0.1, -0.05) is 53.0 Å². The predicted molar refractivity (Wildman–Crippen MR) is 126 cm³/mol. The largest absolute Gasteiger partial charge is 0.385 e.